The van der Waals surface area contributed by atoms with Crippen LogP contribution in [0.1, 0.15) is 15.9 Å². The molecule has 8 heteroatoms. The van der Waals surface area contributed by atoms with Crippen molar-refractivity contribution in [2.75, 3.05) is 5.32 Å². The van der Waals surface area contributed by atoms with E-state index >= 15 is 0 Å². The molecule has 1 amide bonds. The maximum atomic E-state index is 12.0. The monoisotopic (exact) mass is 279 g/mol. The lowest BCUT2D eigenvalue weighted by molar-refractivity contribution is -0.380. The number of nitro groups is 1. The SMILES string of the molecule is Cc1cccc(O)c1C(=O)Nc1ncc([N+](=O)[O-])s1. The van der Waals surface area contributed by atoms with Crippen LogP contribution in [0.25, 0.3) is 0 Å². The number of nitrogens with one attached hydrogen (secondary N) is 1. The normalized spacial score (nSPS) is 10.2. The molecule has 0 radical (unpaired) electrons. The van der Waals surface area contributed by atoms with Gasteiger partial charge in [-0.15, -0.1) is 0 Å². The summed E-state index contributed by atoms with van der Waals surface area (Å²) in [5, 5.41) is 22.5. The summed E-state index contributed by atoms with van der Waals surface area (Å²) in [5.74, 6) is -0.705. The van der Waals surface area contributed by atoms with Gasteiger partial charge in [0, 0.05) is 0 Å². The molecule has 0 saturated heterocycles. The maximum absolute atomic E-state index is 12.0. The van der Waals surface area contributed by atoms with E-state index in [0.717, 1.165) is 17.5 Å². The predicted octanol–water partition coefficient (Wildman–Crippen LogP) is 2.32. The van der Waals surface area contributed by atoms with Crippen LogP contribution in [0.3, 0.4) is 0 Å². The van der Waals surface area contributed by atoms with Gasteiger partial charge in [-0.2, -0.15) is 0 Å². The van der Waals surface area contributed by atoms with Gasteiger partial charge >= 0.3 is 5.00 Å². The number of benzene rings is 1. The van der Waals surface area contributed by atoms with Crippen LogP contribution in [0, 0.1) is 17.0 Å². The molecule has 7 nitrogen and oxygen atoms in total. The quantitative estimate of drug-likeness (QED) is 0.662. The van der Waals surface area contributed by atoms with Crippen molar-refractivity contribution in [2.45, 2.75) is 6.92 Å². The summed E-state index contributed by atoms with van der Waals surface area (Å²) in [5.41, 5.74) is 0.726. The summed E-state index contributed by atoms with van der Waals surface area (Å²) in [7, 11) is 0. The van der Waals surface area contributed by atoms with Crippen LogP contribution in [0.4, 0.5) is 10.1 Å². The Balaban J connectivity index is 2.23. The number of hydrogen-bond donors (Lipinski definition) is 2. The first-order valence-corrected chi connectivity index (χ1v) is 6.01. The highest BCUT2D eigenvalue weighted by atomic mass is 32.1. The fourth-order valence-corrected chi connectivity index (χ4v) is 2.14. The van der Waals surface area contributed by atoms with E-state index in [4.69, 9.17) is 0 Å². The van der Waals surface area contributed by atoms with E-state index in [1.807, 2.05) is 0 Å². The second kappa shape index (κ2) is 5.02. The molecule has 0 fully saturated rings. The smallest absolute Gasteiger partial charge is 0.345 e. The Morgan fingerprint density at radius 3 is 2.84 bits per heavy atom. The summed E-state index contributed by atoms with van der Waals surface area (Å²) in [6.45, 7) is 1.68. The van der Waals surface area contributed by atoms with Crippen molar-refractivity contribution in [1.82, 2.24) is 4.98 Å². The number of amides is 1. The predicted molar refractivity (Wildman–Crippen MR) is 69.6 cm³/mol. The van der Waals surface area contributed by atoms with Crippen LogP contribution in [0.5, 0.6) is 5.75 Å². The number of carbonyl (C=O) groups excluding carboxylic acids is 1. The Kier molecular flexibility index (Phi) is 3.43. The number of aromatic nitrogens is 1. The second-order valence-corrected chi connectivity index (χ2v) is 4.69. The number of rotatable bonds is 3. The summed E-state index contributed by atoms with van der Waals surface area (Å²) >= 11 is 0.752. The molecule has 0 bridgehead atoms. The number of aromatic hydroxyl groups is 1. The number of thiazole rings is 1. The van der Waals surface area contributed by atoms with Crippen LogP contribution < -0.4 is 5.32 Å². The lowest BCUT2D eigenvalue weighted by Crippen LogP contribution is -2.13. The number of hydrogen-bond acceptors (Lipinski definition) is 6. The first-order valence-electron chi connectivity index (χ1n) is 5.19. The number of phenolic OH excluding ortho intramolecular Hbond substituents is 1. The van der Waals surface area contributed by atoms with Crippen LogP contribution in [-0.4, -0.2) is 20.9 Å². The van der Waals surface area contributed by atoms with Gasteiger partial charge in [0.1, 0.15) is 11.9 Å². The fourth-order valence-electron chi connectivity index (χ4n) is 1.52. The highest BCUT2D eigenvalue weighted by Gasteiger charge is 2.17. The zero-order valence-corrected chi connectivity index (χ0v) is 10.6. The number of nitrogens with zero attached hydrogens (tertiary/aromatic N) is 2. The largest absolute Gasteiger partial charge is 0.507 e. The molecule has 1 aromatic heterocycles. The minimum absolute atomic E-state index is 0.111. The molecule has 0 atom stereocenters. The molecule has 1 aromatic carbocycles. The third-order valence-corrected chi connectivity index (χ3v) is 3.24. The Morgan fingerprint density at radius 1 is 1.53 bits per heavy atom. The average Bonchev–Trinajstić information content (AvgIpc) is 2.77. The van der Waals surface area contributed by atoms with Crippen LogP contribution in [0.15, 0.2) is 24.4 Å². The van der Waals surface area contributed by atoms with Gasteiger partial charge in [0.05, 0.1) is 10.5 Å². The van der Waals surface area contributed by atoms with E-state index in [1.54, 1.807) is 19.1 Å². The van der Waals surface area contributed by atoms with Crippen LogP contribution in [-0.2, 0) is 0 Å². The molecule has 1 heterocycles. The van der Waals surface area contributed by atoms with Crippen molar-refractivity contribution in [3.63, 3.8) is 0 Å². The average molecular weight is 279 g/mol. The molecule has 19 heavy (non-hydrogen) atoms. The molecule has 0 aliphatic carbocycles. The van der Waals surface area contributed by atoms with Crippen molar-refractivity contribution in [3.8, 4) is 5.75 Å². The van der Waals surface area contributed by atoms with Gasteiger partial charge in [-0.3, -0.25) is 20.2 Å². The molecule has 0 aliphatic heterocycles. The Hall–Kier alpha value is -2.48. The first kappa shape index (κ1) is 13.0. The molecule has 2 N–H and O–H groups in total. The number of carbonyl (C=O) groups is 1. The summed E-state index contributed by atoms with van der Waals surface area (Å²) in [4.78, 5) is 25.6. The van der Waals surface area contributed by atoms with Crippen molar-refractivity contribution >= 4 is 27.4 Å². The summed E-state index contributed by atoms with van der Waals surface area (Å²) in [6.07, 6.45) is 1.07. The highest BCUT2D eigenvalue weighted by Crippen LogP contribution is 2.27. The minimum atomic E-state index is -0.585. The van der Waals surface area contributed by atoms with Crippen LogP contribution >= 0.6 is 11.3 Å². The third-order valence-electron chi connectivity index (χ3n) is 2.37. The van der Waals surface area contributed by atoms with E-state index in [9.17, 15) is 20.0 Å². The number of aryl methyl sites for hydroxylation is 1. The van der Waals surface area contributed by atoms with Gasteiger partial charge in [-0.25, -0.2) is 4.98 Å². The topological polar surface area (TPSA) is 105 Å². The molecular weight excluding hydrogens is 270 g/mol. The summed E-state index contributed by atoms with van der Waals surface area (Å²) < 4.78 is 0. The van der Waals surface area contributed by atoms with Crippen molar-refractivity contribution in [1.29, 1.82) is 0 Å². The van der Waals surface area contributed by atoms with Gasteiger partial charge in [0.2, 0.25) is 0 Å². The van der Waals surface area contributed by atoms with Crippen molar-refractivity contribution in [3.05, 3.63) is 45.6 Å². The lowest BCUT2D eigenvalue weighted by Gasteiger charge is -2.06. The Morgan fingerprint density at radius 2 is 2.26 bits per heavy atom. The van der Waals surface area contributed by atoms with E-state index < -0.39 is 10.8 Å². The second-order valence-electron chi connectivity index (χ2n) is 3.68. The standard InChI is InChI=1S/C11H9N3O4S/c1-6-3-2-4-7(15)9(6)10(16)13-11-12-5-8(19-11)14(17)18/h2-5,15H,1H3,(H,12,13,16). The zero-order valence-electron chi connectivity index (χ0n) is 9.78. The minimum Gasteiger partial charge on any atom is -0.507 e. The molecular formula is C11H9N3O4S. The third kappa shape index (κ3) is 2.68. The molecule has 2 rings (SSSR count). The van der Waals surface area contributed by atoms with E-state index in [2.05, 4.69) is 10.3 Å². The fraction of sp³-hybridized carbons (Fsp3) is 0.0909. The van der Waals surface area contributed by atoms with Crippen molar-refractivity contribution < 1.29 is 14.8 Å². The molecule has 0 unspecified atom stereocenters. The van der Waals surface area contributed by atoms with Gasteiger partial charge < -0.3 is 5.11 Å². The van der Waals surface area contributed by atoms with E-state index in [0.29, 0.717) is 5.56 Å². The molecule has 0 aliphatic rings. The first-order chi connectivity index (χ1) is 8.99. The molecule has 2 aromatic rings. The highest BCUT2D eigenvalue weighted by molar-refractivity contribution is 7.18. The van der Waals surface area contributed by atoms with Crippen LogP contribution in [0.2, 0.25) is 0 Å². The Bertz CT molecular complexity index is 633. The summed E-state index contributed by atoms with van der Waals surface area (Å²) in [6, 6.07) is 4.70. The lowest BCUT2D eigenvalue weighted by atomic mass is 10.1. The molecule has 0 saturated carbocycles. The maximum Gasteiger partial charge on any atom is 0.345 e. The van der Waals surface area contributed by atoms with Crippen molar-refractivity contribution in [2.24, 2.45) is 0 Å². The zero-order chi connectivity index (χ0) is 14.0. The van der Waals surface area contributed by atoms with Gasteiger partial charge in [0.25, 0.3) is 5.91 Å². The van der Waals surface area contributed by atoms with Gasteiger partial charge in [-0.1, -0.05) is 12.1 Å². The Labute approximate surface area is 111 Å². The molecule has 98 valence electrons. The van der Waals surface area contributed by atoms with E-state index in [-0.39, 0.29) is 21.4 Å². The number of phenols is 1. The van der Waals surface area contributed by atoms with Gasteiger partial charge in [0.15, 0.2) is 5.13 Å². The van der Waals surface area contributed by atoms with Gasteiger partial charge in [-0.05, 0) is 29.9 Å². The molecule has 0 spiro atoms. The van der Waals surface area contributed by atoms with E-state index in [1.165, 1.54) is 6.07 Å². The number of anilines is 1.